The molecule has 2 aromatic rings. The molecule has 1 heterocycles. The molecule has 1 unspecified atom stereocenters. The van der Waals surface area contributed by atoms with Gasteiger partial charge in [0, 0.05) is 17.0 Å². The molecular weight excluding hydrogens is 240 g/mol. The summed E-state index contributed by atoms with van der Waals surface area (Å²) in [5.41, 5.74) is 2.49. The summed E-state index contributed by atoms with van der Waals surface area (Å²) in [7, 11) is 0. The van der Waals surface area contributed by atoms with Crippen LogP contribution in [0.1, 0.15) is 47.1 Å². The number of nitrogens with zero attached hydrogens (tertiary/aromatic N) is 1. The predicted octanol–water partition coefficient (Wildman–Crippen LogP) is 4.17. The summed E-state index contributed by atoms with van der Waals surface area (Å²) in [6.45, 7) is 8.58. The number of hydrogen-bond donors (Lipinski definition) is 1. The molecule has 0 saturated carbocycles. The molecule has 18 heavy (non-hydrogen) atoms. The SMILES string of the molecule is Cc1nc(C(C)N[C@@H](C)c2ccccc2)c(C)s1. The Morgan fingerprint density at radius 3 is 2.28 bits per heavy atom. The van der Waals surface area contributed by atoms with Gasteiger partial charge in [0.25, 0.3) is 0 Å². The van der Waals surface area contributed by atoms with E-state index in [1.165, 1.54) is 16.1 Å². The van der Waals surface area contributed by atoms with Crippen LogP contribution in [-0.4, -0.2) is 4.98 Å². The molecule has 1 N–H and O–H groups in total. The number of hydrogen-bond acceptors (Lipinski definition) is 3. The zero-order chi connectivity index (χ0) is 13.1. The Kier molecular flexibility index (Phi) is 4.15. The average Bonchev–Trinajstić information content (AvgIpc) is 2.69. The van der Waals surface area contributed by atoms with Gasteiger partial charge in [-0.05, 0) is 33.3 Å². The Hall–Kier alpha value is -1.19. The molecule has 3 heteroatoms. The first kappa shape index (κ1) is 13.2. The van der Waals surface area contributed by atoms with Crippen molar-refractivity contribution in [1.82, 2.24) is 10.3 Å². The number of aryl methyl sites for hydroxylation is 2. The molecule has 0 aliphatic rings. The third-order valence-electron chi connectivity index (χ3n) is 3.15. The zero-order valence-corrected chi connectivity index (χ0v) is 12.2. The van der Waals surface area contributed by atoms with E-state index in [-0.39, 0.29) is 6.04 Å². The van der Waals surface area contributed by atoms with Crippen molar-refractivity contribution in [1.29, 1.82) is 0 Å². The van der Waals surface area contributed by atoms with Crippen LogP contribution in [0.2, 0.25) is 0 Å². The van der Waals surface area contributed by atoms with Gasteiger partial charge < -0.3 is 5.32 Å². The second kappa shape index (κ2) is 5.63. The molecule has 0 aliphatic carbocycles. The van der Waals surface area contributed by atoms with Crippen LogP contribution in [0.5, 0.6) is 0 Å². The van der Waals surface area contributed by atoms with Crippen LogP contribution in [0.3, 0.4) is 0 Å². The molecule has 0 aliphatic heterocycles. The maximum absolute atomic E-state index is 4.61. The quantitative estimate of drug-likeness (QED) is 0.892. The van der Waals surface area contributed by atoms with Crippen molar-refractivity contribution in [3.63, 3.8) is 0 Å². The molecule has 0 spiro atoms. The summed E-state index contributed by atoms with van der Waals surface area (Å²) >= 11 is 1.77. The molecule has 96 valence electrons. The number of nitrogens with one attached hydrogen (secondary N) is 1. The summed E-state index contributed by atoms with van der Waals surface area (Å²) in [4.78, 5) is 5.93. The van der Waals surface area contributed by atoms with E-state index in [9.17, 15) is 0 Å². The first-order valence-electron chi connectivity index (χ1n) is 6.33. The summed E-state index contributed by atoms with van der Waals surface area (Å²) in [6, 6.07) is 11.1. The number of rotatable bonds is 4. The van der Waals surface area contributed by atoms with E-state index in [1.54, 1.807) is 11.3 Å². The largest absolute Gasteiger partial charge is 0.302 e. The standard InChI is InChI=1S/C15H20N2S/c1-10(14-8-6-5-7-9-14)16-11(2)15-12(3)18-13(4)17-15/h5-11,16H,1-4H3/t10-,11?/m0/s1. The fourth-order valence-corrected chi connectivity index (χ4v) is 3.15. The van der Waals surface area contributed by atoms with Gasteiger partial charge in [0.1, 0.15) is 0 Å². The van der Waals surface area contributed by atoms with Crippen molar-refractivity contribution in [2.45, 2.75) is 39.8 Å². The first-order valence-corrected chi connectivity index (χ1v) is 7.14. The molecule has 2 nitrogen and oxygen atoms in total. The van der Waals surface area contributed by atoms with Gasteiger partial charge in [-0.2, -0.15) is 0 Å². The highest BCUT2D eigenvalue weighted by Crippen LogP contribution is 2.24. The molecule has 2 rings (SSSR count). The van der Waals surface area contributed by atoms with Crippen LogP contribution in [0.25, 0.3) is 0 Å². The van der Waals surface area contributed by atoms with Crippen molar-refractivity contribution < 1.29 is 0 Å². The minimum atomic E-state index is 0.283. The van der Waals surface area contributed by atoms with Gasteiger partial charge in [0.15, 0.2) is 0 Å². The molecule has 0 amide bonds. The second-order valence-electron chi connectivity index (χ2n) is 4.70. The van der Waals surface area contributed by atoms with E-state index in [1.807, 2.05) is 6.07 Å². The van der Waals surface area contributed by atoms with Gasteiger partial charge in [-0.25, -0.2) is 4.98 Å². The summed E-state index contributed by atoms with van der Waals surface area (Å²) in [5.74, 6) is 0. The van der Waals surface area contributed by atoms with Crippen LogP contribution >= 0.6 is 11.3 Å². The molecule has 0 fully saturated rings. The normalized spacial score (nSPS) is 14.4. The molecule has 0 bridgehead atoms. The van der Waals surface area contributed by atoms with Crippen LogP contribution in [0.4, 0.5) is 0 Å². The lowest BCUT2D eigenvalue weighted by molar-refractivity contribution is 0.486. The highest BCUT2D eigenvalue weighted by Gasteiger charge is 2.15. The monoisotopic (exact) mass is 260 g/mol. The van der Waals surface area contributed by atoms with E-state index in [2.05, 4.69) is 62.3 Å². The Balaban J connectivity index is 2.08. The zero-order valence-electron chi connectivity index (χ0n) is 11.4. The van der Waals surface area contributed by atoms with Gasteiger partial charge >= 0.3 is 0 Å². The number of aromatic nitrogens is 1. The van der Waals surface area contributed by atoms with E-state index in [4.69, 9.17) is 0 Å². The van der Waals surface area contributed by atoms with E-state index in [0.29, 0.717) is 6.04 Å². The summed E-state index contributed by atoms with van der Waals surface area (Å²) in [5, 5.41) is 4.75. The van der Waals surface area contributed by atoms with Crippen molar-refractivity contribution in [2.24, 2.45) is 0 Å². The Morgan fingerprint density at radius 1 is 1.06 bits per heavy atom. The minimum Gasteiger partial charge on any atom is -0.302 e. The summed E-state index contributed by atoms with van der Waals surface area (Å²) < 4.78 is 0. The van der Waals surface area contributed by atoms with E-state index in [0.717, 1.165) is 5.01 Å². The fourth-order valence-electron chi connectivity index (χ4n) is 2.24. The Morgan fingerprint density at radius 2 is 1.72 bits per heavy atom. The lowest BCUT2D eigenvalue weighted by atomic mass is 10.1. The summed E-state index contributed by atoms with van der Waals surface area (Å²) in [6.07, 6.45) is 0. The lowest BCUT2D eigenvalue weighted by Crippen LogP contribution is -2.23. The Bertz CT molecular complexity index is 504. The maximum Gasteiger partial charge on any atom is 0.0900 e. The molecule has 1 aromatic carbocycles. The van der Waals surface area contributed by atoms with Gasteiger partial charge in [-0.15, -0.1) is 11.3 Å². The highest BCUT2D eigenvalue weighted by molar-refractivity contribution is 7.11. The van der Waals surface area contributed by atoms with Crippen molar-refractivity contribution in [3.8, 4) is 0 Å². The molecule has 0 saturated heterocycles. The predicted molar refractivity (Wildman–Crippen MR) is 78.0 cm³/mol. The van der Waals surface area contributed by atoms with Crippen molar-refractivity contribution in [2.75, 3.05) is 0 Å². The lowest BCUT2D eigenvalue weighted by Gasteiger charge is -2.19. The molecule has 0 radical (unpaired) electrons. The van der Waals surface area contributed by atoms with Gasteiger partial charge in [0.2, 0.25) is 0 Å². The van der Waals surface area contributed by atoms with Gasteiger partial charge in [-0.1, -0.05) is 30.3 Å². The van der Waals surface area contributed by atoms with Gasteiger partial charge in [0.05, 0.1) is 10.7 Å². The van der Waals surface area contributed by atoms with Crippen LogP contribution in [0.15, 0.2) is 30.3 Å². The molecular formula is C15H20N2S. The van der Waals surface area contributed by atoms with E-state index >= 15 is 0 Å². The van der Waals surface area contributed by atoms with Crippen LogP contribution in [0, 0.1) is 13.8 Å². The van der Waals surface area contributed by atoms with Crippen molar-refractivity contribution >= 4 is 11.3 Å². The van der Waals surface area contributed by atoms with Crippen molar-refractivity contribution in [3.05, 3.63) is 51.5 Å². The molecule has 1 aromatic heterocycles. The maximum atomic E-state index is 4.61. The number of benzene rings is 1. The molecule has 2 atom stereocenters. The smallest absolute Gasteiger partial charge is 0.0900 e. The third-order valence-corrected chi connectivity index (χ3v) is 4.05. The first-order chi connectivity index (χ1) is 8.58. The third kappa shape index (κ3) is 2.98. The fraction of sp³-hybridized carbons (Fsp3) is 0.400. The Labute approximate surface area is 113 Å². The topological polar surface area (TPSA) is 24.9 Å². The van der Waals surface area contributed by atoms with Crippen LogP contribution in [-0.2, 0) is 0 Å². The van der Waals surface area contributed by atoms with Gasteiger partial charge in [-0.3, -0.25) is 0 Å². The average molecular weight is 260 g/mol. The second-order valence-corrected chi connectivity index (χ2v) is 6.10. The van der Waals surface area contributed by atoms with Crippen LogP contribution < -0.4 is 5.32 Å². The minimum absolute atomic E-state index is 0.283. The number of thiazole rings is 1. The highest BCUT2D eigenvalue weighted by atomic mass is 32.1. The van der Waals surface area contributed by atoms with E-state index < -0.39 is 0 Å².